The lowest BCUT2D eigenvalue weighted by atomic mass is 9.93. The summed E-state index contributed by atoms with van der Waals surface area (Å²) in [5, 5.41) is 6.25. The molecular formula is C38H50N6O7S. The average Bonchev–Trinajstić information content (AvgIpc) is 3.97. The number of benzene rings is 1. The number of nitrogens with zero attached hydrogens (tertiary/aromatic N) is 3. The molecule has 0 spiro atoms. The lowest BCUT2D eigenvalue weighted by Gasteiger charge is -2.33. The molecule has 2 saturated carbocycles. The Balaban J connectivity index is 1.17. The smallest absolute Gasteiger partial charge is 0.408 e. The van der Waals surface area contributed by atoms with Crippen LogP contribution in [0.15, 0.2) is 48.6 Å². The van der Waals surface area contributed by atoms with Crippen molar-refractivity contribution in [3.63, 3.8) is 0 Å². The van der Waals surface area contributed by atoms with Gasteiger partial charge in [0.05, 0.1) is 16.5 Å². The third-order valence-corrected chi connectivity index (χ3v) is 12.8. The predicted molar refractivity (Wildman–Crippen MR) is 194 cm³/mol. The molecule has 280 valence electrons. The highest BCUT2D eigenvalue weighted by Gasteiger charge is 2.63. The van der Waals surface area contributed by atoms with Gasteiger partial charge in [0.15, 0.2) is 0 Å². The first kappa shape index (κ1) is 36.3. The van der Waals surface area contributed by atoms with Crippen LogP contribution >= 0.6 is 0 Å². The summed E-state index contributed by atoms with van der Waals surface area (Å²) in [6, 6.07) is 10.1. The fourth-order valence-corrected chi connectivity index (χ4v) is 9.53. The van der Waals surface area contributed by atoms with Crippen molar-refractivity contribution in [3.8, 4) is 0 Å². The molecule has 1 aromatic carbocycles. The zero-order valence-corrected chi connectivity index (χ0v) is 31.0. The number of rotatable bonds is 6. The van der Waals surface area contributed by atoms with Gasteiger partial charge in [0, 0.05) is 43.4 Å². The number of carbonyl (C=O) groups excluding carboxylic acids is 4. The third kappa shape index (κ3) is 7.83. The second-order valence-corrected chi connectivity index (χ2v) is 18.2. The SMILES string of the molecule is CC(C)(C)OC(=O)N[C@@H]1CCCCC/C=C\[C@H]2C[C@@]2(C(=O)NS(=O)(=O)C2CC2)NC(=O)[C@@H]2[C@H]3CN(Cc4ccc5ccccc5n4)C[C@H]3CN2C1=O. The Kier molecular flexibility index (Phi) is 9.83. The molecule has 4 amide bonds. The summed E-state index contributed by atoms with van der Waals surface area (Å²) < 4.78 is 33.5. The number of carbonyl (C=O) groups is 4. The van der Waals surface area contributed by atoms with E-state index in [0.29, 0.717) is 51.9 Å². The molecule has 2 saturated heterocycles. The van der Waals surface area contributed by atoms with Gasteiger partial charge in [-0.15, -0.1) is 0 Å². The number of hydrogen-bond donors (Lipinski definition) is 3. The van der Waals surface area contributed by atoms with Crippen LogP contribution in [0.3, 0.4) is 0 Å². The zero-order chi connectivity index (χ0) is 36.8. The van der Waals surface area contributed by atoms with E-state index in [1.54, 1.807) is 25.7 Å². The van der Waals surface area contributed by atoms with E-state index in [9.17, 15) is 27.6 Å². The fraction of sp³-hybridized carbons (Fsp3) is 0.605. The largest absolute Gasteiger partial charge is 0.444 e. The van der Waals surface area contributed by atoms with E-state index >= 15 is 0 Å². The van der Waals surface area contributed by atoms with Crippen LogP contribution in [-0.4, -0.2) is 95.1 Å². The van der Waals surface area contributed by atoms with Crippen LogP contribution in [0.5, 0.6) is 0 Å². The molecule has 0 unspecified atom stereocenters. The summed E-state index contributed by atoms with van der Waals surface area (Å²) in [5.41, 5.74) is -0.399. The minimum atomic E-state index is -3.86. The maximum atomic E-state index is 14.6. The zero-order valence-electron chi connectivity index (χ0n) is 30.2. The Morgan fingerprint density at radius 2 is 1.81 bits per heavy atom. The molecule has 2 aliphatic carbocycles. The molecule has 1 aromatic heterocycles. The Morgan fingerprint density at radius 3 is 2.58 bits per heavy atom. The Hall–Kier alpha value is -4.04. The molecule has 5 aliphatic rings. The summed E-state index contributed by atoms with van der Waals surface area (Å²) in [6.07, 6.45) is 7.87. The number of para-hydroxylation sites is 1. The molecule has 13 nitrogen and oxygen atoms in total. The molecule has 0 bridgehead atoms. The number of hydrogen-bond acceptors (Lipinski definition) is 9. The van der Waals surface area contributed by atoms with E-state index in [1.165, 1.54) is 0 Å². The van der Waals surface area contributed by atoms with Crippen molar-refractivity contribution in [1.29, 1.82) is 0 Å². The van der Waals surface area contributed by atoms with Gasteiger partial charge in [0.2, 0.25) is 21.8 Å². The Labute approximate surface area is 305 Å². The van der Waals surface area contributed by atoms with Gasteiger partial charge in [-0.1, -0.05) is 49.3 Å². The lowest BCUT2D eigenvalue weighted by Crippen LogP contribution is -2.60. The highest BCUT2D eigenvalue weighted by molar-refractivity contribution is 7.91. The van der Waals surface area contributed by atoms with Gasteiger partial charge in [-0.2, -0.15) is 0 Å². The molecule has 4 fully saturated rings. The molecule has 7 rings (SSSR count). The third-order valence-electron chi connectivity index (χ3n) is 11.0. The molecule has 4 heterocycles. The van der Waals surface area contributed by atoms with Gasteiger partial charge < -0.3 is 20.3 Å². The van der Waals surface area contributed by atoms with Gasteiger partial charge in [0.25, 0.3) is 5.91 Å². The van der Waals surface area contributed by atoms with E-state index in [1.807, 2.05) is 42.5 Å². The quantitative estimate of drug-likeness (QED) is 0.377. The molecular weight excluding hydrogens is 685 g/mol. The van der Waals surface area contributed by atoms with E-state index < -0.39 is 56.4 Å². The van der Waals surface area contributed by atoms with Crippen LogP contribution in [0, 0.1) is 17.8 Å². The maximum Gasteiger partial charge on any atom is 0.408 e. The summed E-state index contributed by atoms with van der Waals surface area (Å²) in [6.45, 7) is 7.29. The van der Waals surface area contributed by atoms with Gasteiger partial charge in [-0.3, -0.25) is 29.0 Å². The van der Waals surface area contributed by atoms with Crippen molar-refractivity contribution in [2.45, 2.75) is 107 Å². The molecule has 14 heteroatoms. The number of pyridine rings is 1. The van der Waals surface area contributed by atoms with Crippen molar-refractivity contribution < 1.29 is 32.3 Å². The molecule has 52 heavy (non-hydrogen) atoms. The Bertz CT molecular complexity index is 1870. The van der Waals surface area contributed by atoms with Crippen LogP contribution in [0.4, 0.5) is 4.79 Å². The normalized spacial score (nSPS) is 30.6. The van der Waals surface area contributed by atoms with Crippen molar-refractivity contribution in [1.82, 2.24) is 30.1 Å². The van der Waals surface area contributed by atoms with Crippen molar-refractivity contribution >= 4 is 44.7 Å². The van der Waals surface area contributed by atoms with E-state index in [2.05, 4.69) is 26.3 Å². The number of nitrogens with one attached hydrogen (secondary N) is 3. The maximum absolute atomic E-state index is 14.6. The lowest BCUT2D eigenvalue weighted by molar-refractivity contribution is -0.142. The van der Waals surface area contributed by atoms with Crippen LogP contribution < -0.4 is 15.4 Å². The summed E-state index contributed by atoms with van der Waals surface area (Å²) in [7, 11) is -3.86. The number of sulfonamides is 1. The van der Waals surface area contributed by atoms with Crippen LogP contribution in [-0.2, 0) is 35.7 Å². The predicted octanol–water partition coefficient (Wildman–Crippen LogP) is 3.39. The van der Waals surface area contributed by atoms with Crippen molar-refractivity contribution in [2.75, 3.05) is 19.6 Å². The minimum Gasteiger partial charge on any atom is -0.444 e. The molecule has 3 aliphatic heterocycles. The number of alkyl carbamates (subject to hydrolysis) is 1. The van der Waals surface area contributed by atoms with Crippen LogP contribution in [0.2, 0.25) is 0 Å². The summed E-state index contributed by atoms with van der Waals surface area (Å²) in [5.74, 6) is -2.27. The number of aromatic nitrogens is 1. The fourth-order valence-electron chi connectivity index (χ4n) is 8.17. The number of likely N-dealkylation sites (tertiary alicyclic amines) is 1. The van der Waals surface area contributed by atoms with Gasteiger partial charge in [-0.05, 0) is 77.3 Å². The molecule has 2 aromatic rings. The molecule has 0 radical (unpaired) electrons. The first-order chi connectivity index (χ1) is 24.7. The van der Waals surface area contributed by atoms with Crippen molar-refractivity contribution in [3.05, 3.63) is 54.2 Å². The highest BCUT2D eigenvalue weighted by Crippen LogP contribution is 2.47. The van der Waals surface area contributed by atoms with Crippen LogP contribution in [0.25, 0.3) is 10.9 Å². The number of allylic oxidation sites excluding steroid dienone is 1. The number of ether oxygens (including phenoxy) is 1. The second kappa shape index (κ2) is 14.1. The summed E-state index contributed by atoms with van der Waals surface area (Å²) >= 11 is 0. The van der Waals surface area contributed by atoms with Crippen LogP contribution in [0.1, 0.15) is 77.8 Å². The molecule has 3 N–H and O–H groups in total. The second-order valence-electron chi connectivity index (χ2n) is 16.3. The average molecular weight is 735 g/mol. The van der Waals surface area contributed by atoms with E-state index in [4.69, 9.17) is 9.72 Å². The first-order valence-corrected chi connectivity index (χ1v) is 20.2. The number of amides is 4. The molecule has 6 atom stereocenters. The first-order valence-electron chi connectivity index (χ1n) is 18.6. The Morgan fingerprint density at radius 1 is 1.02 bits per heavy atom. The van der Waals surface area contributed by atoms with E-state index in [0.717, 1.165) is 35.9 Å². The number of fused-ring (bicyclic) bond motifs is 5. The van der Waals surface area contributed by atoms with Gasteiger partial charge in [0.1, 0.15) is 23.2 Å². The van der Waals surface area contributed by atoms with Gasteiger partial charge in [-0.25, -0.2) is 13.2 Å². The van der Waals surface area contributed by atoms with E-state index in [-0.39, 0.29) is 30.1 Å². The van der Waals surface area contributed by atoms with Crippen molar-refractivity contribution in [2.24, 2.45) is 17.8 Å². The standard InChI is InChI=1S/C38H50N6O7S/c1-37(2,3)51-36(48)40-31-14-8-6-4-5-7-12-26-19-38(26,35(47)42-52(49,50)28-17-18-28)41-33(45)32-29-23-43(20-25(29)21-44(32)34(31)46)22-27-16-15-24-11-9-10-13-30(24)39-27/h7,9-13,15-16,25-26,28-29,31-32H,4-6,8,14,17-23H2,1-3H3,(H,40,48)(H,41,45)(H,42,47)/b12-7-/t25-,26-,29-,31+,32-,38+/m0/s1. The summed E-state index contributed by atoms with van der Waals surface area (Å²) in [4.78, 5) is 64.5. The minimum absolute atomic E-state index is 0.0452. The highest BCUT2D eigenvalue weighted by atomic mass is 32.2. The topological polar surface area (TPSA) is 167 Å². The van der Waals surface area contributed by atoms with Gasteiger partial charge >= 0.3 is 6.09 Å². The monoisotopic (exact) mass is 734 g/mol.